The summed E-state index contributed by atoms with van der Waals surface area (Å²) < 4.78 is 18.3. The topological polar surface area (TPSA) is 49.7 Å². The number of benzene rings is 1. The van der Waals surface area contributed by atoms with Crippen LogP contribution in [-0.4, -0.2) is 29.0 Å². The summed E-state index contributed by atoms with van der Waals surface area (Å²) in [6.07, 6.45) is -0.0105. The van der Waals surface area contributed by atoms with E-state index in [2.05, 4.69) is 0 Å². The summed E-state index contributed by atoms with van der Waals surface area (Å²) in [6, 6.07) is 4.32. The Kier molecular flexibility index (Phi) is 4.26. The highest BCUT2D eigenvalue weighted by Crippen LogP contribution is 2.29. The number of hydrogen-bond acceptors (Lipinski definition) is 3. The molecule has 0 saturated heterocycles. The molecule has 0 radical (unpaired) electrons. The fourth-order valence-electron chi connectivity index (χ4n) is 1.77. The molecule has 3 nitrogen and oxygen atoms in total. The third-order valence-electron chi connectivity index (χ3n) is 2.62. The molecule has 2 atom stereocenters. The number of aliphatic hydroxyl groups excluding tert-OH is 2. The first-order valence-electron chi connectivity index (χ1n) is 4.94. The van der Waals surface area contributed by atoms with Gasteiger partial charge in [-0.2, -0.15) is 0 Å². The van der Waals surface area contributed by atoms with Crippen LogP contribution >= 0.6 is 0 Å². The molecule has 90 valence electrons. The summed E-state index contributed by atoms with van der Waals surface area (Å²) in [4.78, 5) is 0. The van der Waals surface area contributed by atoms with Crippen LogP contribution in [0.2, 0.25) is 0 Å². The van der Waals surface area contributed by atoms with Gasteiger partial charge in [0.15, 0.2) is 0 Å². The predicted molar refractivity (Wildman–Crippen MR) is 59.0 cm³/mol. The molecule has 2 rings (SSSR count). The number of fused-ring (bicyclic) bond motifs is 1. The fraction of sp³-hybridized carbons (Fsp3) is 0.500. The highest BCUT2D eigenvalue weighted by Gasteiger charge is 2.25. The Morgan fingerprint density at radius 3 is 2.94 bits per heavy atom. The minimum atomic E-state index is -0.872. The van der Waals surface area contributed by atoms with Gasteiger partial charge in [0, 0.05) is 0 Å². The SMILES string of the molecule is C.OC[C@H](O)[C@H]1CCc2cc(F)ccc2O1. The second-order valence-electron chi connectivity index (χ2n) is 3.70. The number of halogens is 1. The highest BCUT2D eigenvalue weighted by molar-refractivity contribution is 5.35. The summed E-state index contributed by atoms with van der Waals surface area (Å²) in [7, 11) is 0. The molecule has 1 aliphatic heterocycles. The fourth-order valence-corrected chi connectivity index (χ4v) is 1.77. The van der Waals surface area contributed by atoms with Crippen LogP contribution in [-0.2, 0) is 6.42 Å². The smallest absolute Gasteiger partial charge is 0.127 e. The molecule has 1 heterocycles. The lowest BCUT2D eigenvalue weighted by Crippen LogP contribution is -2.37. The van der Waals surface area contributed by atoms with E-state index in [9.17, 15) is 9.50 Å². The zero-order valence-electron chi connectivity index (χ0n) is 8.19. The number of rotatable bonds is 2. The zero-order chi connectivity index (χ0) is 10.8. The summed E-state index contributed by atoms with van der Waals surface area (Å²) >= 11 is 0. The van der Waals surface area contributed by atoms with Crippen LogP contribution in [0.25, 0.3) is 0 Å². The molecule has 0 unspecified atom stereocenters. The standard InChI is InChI=1S/C11H13FO3.CH4/c12-8-2-4-10-7(5-8)1-3-11(15-10)9(14)6-13;/h2,4-5,9,11,13-14H,1,3,6H2;1H4/t9-,11+;/m0./s1. The van der Waals surface area contributed by atoms with Crippen LogP contribution in [0.1, 0.15) is 19.4 Å². The van der Waals surface area contributed by atoms with Crippen molar-refractivity contribution in [1.82, 2.24) is 0 Å². The predicted octanol–water partition coefficient (Wildman–Crippen LogP) is 1.51. The van der Waals surface area contributed by atoms with Crippen LogP contribution in [0.3, 0.4) is 0 Å². The van der Waals surface area contributed by atoms with Crippen LogP contribution < -0.4 is 4.74 Å². The molecule has 0 fully saturated rings. The van der Waals surface area contributed by atoms with Crippen LogP contribution in [0, 0.1) is 5.82 Å². The van der Waals surface area contributed by atoms with Crippen molar-refractivity contribution in [3.05, 3.63) is 29.6 Å². The van der Waals surface area contributed by atoms with Crippen LogP contribution in [0.15, 0.2) is 18.2 Å². The van der Waals surface area contributed by atoms with Crippen molar-refractivity contribution in [1.29, 1.82) is 0 Å². The van der Waals surface area contributed by atoms with E-state index >= 15 is 0 Å². The monoisotopic (exact) mass is 228 g/mol. The molecule has 1 aliphatic rings. The molecule has 1 aromatic carbocycles. The first-order chi connectivity index (χ1) is 7.20. The highest BCUT2D eigenvalue weighted by atomic mass is 19.1. The molecule has 2 N–H and O–H groups in total. The van der Waals surface area contributed by atoms with E-state index in [1.807, 2.05) is 0 Å². The van der Waals surface area contributed by atoms with Crippen molar-refractivity contribution in [2.45, 2.75) is 32.5 Å². The van der Waals surface area contributed by atoms with E-state index in [0.717, 1.165) is 5.56 Å². The van der Waals surface area contributed by atoms with Gasteiger partial charge in [-0.1, -0.05) is 7.43 Å². The Hall–Kier alpha value is -1.13. The summed E-state index contributed by atoms with van der Waals surface area (Å²) in [5, 5.41) is 18.2. The molecule has 0 bridgehead atoms. The first kappa shape index (κ1) is 12.9. The quantitative estimate of drug-likeness (QED) is 0.806. The Morgan fingerprint density at radius 2 is 2.25 bits per heavy atom. The number of aliphatic hydroxyl groups is 2. The second kappa shape index (κ2) is 5.27. The van der Waals surface area contributed by atoms with Gasteiger partial charge in [0.05, 0.1) is 6.61 Å². The number of hydrogen-bond donors (Lipinski definition) is 2. The van der Waals surface area contributed by atoms with Gasteiger partial charge in [-0.25, -0.2) is 4.39 Å². The number of ether oxygens (including phenoxy) is 1. The largest absolute Gasteiger partial charge is 0.487 e. The van der Waals surface area contributed by atoms with E-state index < -0.39 is 12.2 Å². The van der Waals surface area contributed by atoms with E-state index in [1.165, 1.54) is 12.1 Å². The van der Waals surface area contributed by atoms with Gasteiger partial charge in [-0.05, 0) is 36.6 Å². The minimum absolute atomic E-state index is 0. The molecule has 0 saturated carbocycles. The summed E-state index contributed by atoms with van der Waals surface area (Å²) in [5.41, 5.74) is 0.816. The average Bonchev–Trinajstić information content (AvgIpc) is 2.27. The second-order valence-corrected chi connectivity index (χ2v) is 3.70. The summed E-state index contributed by atoms with van der Waals surface area (Å²) in [5.74, 6) is 0.318. The molecular weight excluding hydrogens is 211 g/mol. The summed E-state index contributed by atoms with van der Waals surface area (Å²) in [6.45, 7) is -0.318. The maximum Gasteiger partial charge on any atom is 0.127 e. The molecule has 4 heteroatoms. The van der Waals surface area contributed by atoms with Crippen LogP contribution in [0.4, 0.5) is 4.39 Å². The molecule has 0 aromatic heterocycles. The first-order valence-corrected chi connectivity index (χ1v) is 4.94. The molecular formula is C12H17FO3. The van der Waals surface area contributed by atoms with Gasteiger partial charge in [0.1, 0.15) is 23.8 Å². The molecule has 0 aliphatic carbocycles. The van der Waals surface area contributed by atoms with E-state index in [0.29, 0.717) is 18.6 Å². The van der Waals surface area contributed by atoms with E-state index in [-0.39, 0.29) is 19.9 Å². The Bertz CT molecular complexity index is 354. The molecule has 0 spiro atoms. The van der Waals surface area contributed by atoms with Crippen molar-refractivity contribution in [2.75, 3.05) is 6.61 Å². The maximum atomic E-state index is 12.9. The Labute approximate surface area is 94.5 Å². The third-order valence-corrected chi connectivity index (χ3v) is 2.62. The molecule has 1 aromatic rings. The third kappa shape index (κ3) is 2.51. The lowest BCUT2D eigenvalue weighted by Gasteiger charge is -2.28. The lowest BCUT2D eigenvalue weighted by molar-refractivity contribution is -0.00965. The Balaban J connectivity index is 0.00000128. The van der Waals surface area contributed by atoms with Gasteiger partial charge in [-0.15, -0.1) is 0 Å². The van der Waals surface area contributed by atoms with Crippen molar-refractivity contribution >= 4 is 0 Å². The van der Waals surface area contributed by atoms with Crippen molar-refractivity contribution < 1.29 is 19.3 Å². The Morgan fingerprint density at radius 1 is 1.50 bits per heavy atom. The minimum Gasteiger partial charge on any atom is -0.487 e. The number of aryl methyl sites for hydroxylation is 1. The molecule has 0 amide bonds. The van der Waals surface area contributed by atoms with Gasteiger partial charge in [-0.3, -0.25) is 0 Å². The maximum absolute atomic E-state index is 12.9. The van der Waals surface area contributed by atoms with E-state index in [1.54, 1.807) is 6.07 Å². The van der Waals surface area contributed by atoms with Crippen molar-refractivity contribution in [3.8, 4) is 5.75 Å². The lowest BCUT2D eigenvalue weighted by atomic mass is 9.99. The van der Waals surface area contributed by atoms with Crippen LogP contribution in [0.5, 0.6) is 5.75 Å². The average molecular weight is 228 g/mol. The van der Waals surface area contributed by atoms with E-state index in [4.69, 9.17) is 9.84 Å². The van der Waals surface area contributed by atoms with Crippen molar-refractivity contribution in [3.63, 3.8) is 0 Å². The molecule has 16 heavy (non-hydrogen) atoms. The van der Waals surface area contributed by atoms with Gasteiger partial charge in [0.2, 0.25) is 0 Å². The normalized spacial score (nSPS) is 20.3. The van der Waals surface area contributed by atoms with Gasteiger partial charge >= 0.3 is 0 Å². The van der Waals surface area contributed by atoms with Crippen molar-refractivity contribution in [2.24, 2.45) is 0 Å². The zero-order valence-corrected chi connectivity index (χ0v) is 8.19. The van der Waals surface area contributed by atoms with Gasteiger partial charge < -0.3 is 14.9 Å². The van der Waals surface area contributed by atoms with Gasteiger partial charge in [0.25, 0.3) is 0 Å².